The topological polar surface area (TPSA) is 45.6 Å². The number of rotatable bonds is 7. The number of thiocarbonyl (C=S) groups is 1. The highest BCUT2D eigenvalue weighted by Gasteiger charge is 2.41. The van der Waals surface area contributed by atoms with Gasteiger partial charge < -0.3 is 19.5 Å². The Hall–Kier alpha value is -2.81. The number of ether oxygens (including phenoxy) is 1. The number of nitrogens with one attached hydrogen (secondary N) is 1. The molecule has 0 bridgehead atoms. The molecule has 0 saturated carbocycles. The standard InChI is InChI=1S/C27H32FN5OS/c1-19-18-23(20(2)33(19)22-9-7-21(28)8-10-22)26-25(24-6-3-4-11-29-24)30-27(35)32(26)13-5-12-31-14-16-34-17-15-31/h3-4,6-11,18,25-26H,5,12-17H2,1-2H3,(H,30,35)/t25-,26+/m1/s1. The van der Waals surface area contributed by atoms with E-state index in [0.717, 1.165) is 73.7 Å². The SMILES string of the molecule is Cc1cc([C@H]2[C@@H](c3ccccn3)NC(=S)N2CCCN2CCOCC2)c(C)n1-c1ccc(F)cc1. The first-order valence-electron chi connectivity index (χ1n) is 12.3. The van der Waals surface area contributed by atoms with Crippen molar-refractivity contribution in [2.75, 3.05) is 39.4 Å². The van der Waals surface area contributed by atoms with E-state index < -0.39 is 0 Å². The van der Waals surface area contributed by atoms with Crippen LogP contribution in [0.1, 0.15) is 41.1 Å². The first-order chi connectivity index (χ1) is 17.0. The zero-order chi connectivity index (χ0) is 24.4. The zero-order valence-corrected chi connectivity index (χ0v) is 21.1. The molecule has 0 unspecified atom stereocenters. The minimum atomic E-state index is -0.233. The summed E-state index contributed by atoms with van der Waals surface area (Å²) >= 11 is 5.86. The molecule has 35 heavy (non-hydrogen) atoms. The molecule has 3 aromatic rings. The van der Waals surface area contributed by atoms with E-state index in [2.05, 4.69) is 50.6 Å². The van der Waals surface area contributed by atoms with Crippen molar-refractivity contribution in [2.45, 2.75) is 32.4 Å². The smallest absolute Gasteiger partial charge is 0.170 e. The monoisotopic (exact) mass is 493 g/mol. The summed E-state index contributed by atoms with van der Waals surface area (Å²) in [5.74, 6) is -0.233. The quantitative estimate of drug-likeness (QED) is 0.495. The third-order valence-corrected chi connectivity index (χ3v) is 7.40. The number of aromatic nitrogens is 2. The predicted molar refractivity (Wildman–Crippen MR) is 139 cm³/mol. The molecular formula is C27H32FN5OS. The third kappa shape index (κ3) is 4.96. The number of benzene rings is 1. The summed E-state index contributed by atoms with van der Waals surface area (Å²) in [5.41, 5.74) is 5.37. The summed E-state index contributed by atoms with van der Waals surface area (Å²) in [7, 11) is 0. The molecule has 0 amide bonds. The van der Waals surface area contributed by atoms with Crippen molar-refractivity contribution in [3.05, 3.63) is 83.2 Å². The maximum atomic E-state index is 13.6. The van der Waals surface area contributed by atoms with Gasteiger partial charge in [-0.1, -0.05) is 6.07 Å². The lowest BCUT2D eigenvalue weighted by Gasteiger charge is -2.30. The van der Waals surface area contributed by atoms with Gasteiger partial charge >= 0.3 is 0 Å². The Labute approximate surface area is 211 Å². The van der Waals surface area contributed by atoms with Gasteiger partial charge in [0.1, 0.15) is 5.82 Å². The molecule has 2 saturated heterocycles. The van der Waals surface area contributed by atoms with Gasteiger partial charge in [0.25, 0.3) is 0 Å². The van der Waals surface area contributed by atoms with Crippen LogP contribution in [0, 0.1) is 19.7 Å². The first kappa shape index (κ1) is 23.9. The molecule has 0 radical (unpaired) electrons. The van der Waals surface area contributed by atoms with Gasteiger partial charge in [0.2, 0.25) is 0 Å². The molecule has 5 rings (SSSR count). The summed E-state index contributed by atoms with van der Waals surface area (Å²) in [6.45, 7) is 9.71. The van der Waals surface area contributed by atoms with E-state index in [1.165, 1.54) is 17.7 Å². The molecule has 0 aliphatic carbocycles. The van der Waals surface area contributed by atoms with Crippen LogP contribution in [0.15, 0.2) is 54.7 Å². The summed E-state index contributed by atoms with van der Waals surface area (Å²) in [6, 6.07) is 14.9. The largest absolute Gasteiger partial charge is 0.379 e. The molecular weight excluding hydrogens is 461 g/mol. The van der Waals surface area contributed by atoms with Crippen molar-refractivity contribution in [1.29, 1.82) is 0 Å². The number of aryl methyl sites for hydroxylation is 1. The number of morpholine rings is 1. The fourth-order valence-electron chi connectivity index (χ4n) is 5.35. The van der Waals surface area contributed by atoms with Gasteiger partial charge in [-0.25, -0.2) is 4.39 Å². The van der Waals surface area contributed by atoms with Gasteiger partial charge in [-0.15, -0.1) is 0 Å². The van der Waals surface area contributed by atoms with Crippen LogP contribution in [-0.2, 0) is 4.74 Å². The Morgan fingerprint density at radius 3 is 2.57 bits per heavy atom. The van der Waals surface area contributed by atoms with Crippen molar-refractivity contribution in [1.82, 2.24) is 24.7 Å². The Balaban J connectivity index is 1.47. The van der Waals surface area contributed by atoms with Crippen LogP contribution >= 0.6 is 12.2 Å². The van der Waals surface area contributed by atoms with Crippen molar-refractivity contribution < 1.29 is 9.13 Å². The maximum absolute atomic E-state index is 13.6. The fourth-order valence-corrected chi connectivity index (χ4v) is 5.68. The number of pyridine rings is 1. The van der Waals surface area contributed by atoms with Crippen molar-refractivity contribution in [2.24, 2.45) is 0 Å². The predicted octanol–water partition coefficient (Wildman–Crippen LogP) is 4.32. The van der Waals surface area contributed by atoms with E-state index in [1.54, 1.807) is 0 Å². The molecule has 2 atom stereocenters. The van der Waals surface area contributed by atoms with Gasteiger partial charge in [0.05, 0.1) is 31.0 Å². The first-order valence-corrected chi connectivity index (χ1v) is 12.7. The molecule has 2 fully saturated rings. The lowest BCUT2D eigenvalue weighted by molar-refractivity contribution is 0.0365. The second-order valence-corrected chi connectivity index (χ2v) is 9.65. The fraction of sp³-hybridized carbons (Fsp3) is 0.407. The number of halogens is 1. The number of nitrogens with zero attached hydrogens (tertiary/aromatic N) is 4. The molecule has 2 aliphatic heterocycles. The van der Waals surface area contributed by atoms with E-state index in [4.69, 9.17) is 17.0 Å². The minimum absolute atomic E-state index is 0.0162. The van der Waals surface area contributed by atoms with Crippen LogP contribution in [0.3, 0.4) is 0 Å². The highest BCUT2D eigenvalue weighted by molar-refractivity contribution is 7.80. The van der Waals surface area contributed by atoms with E-state index in [9.17, 15) is 4.39 Å². The molecule has 4 heterocycles. The van der Waals surface area contributed by atoms with E-state index in [-0.39, 0.29) is 17.9 Å². The molecule has 184 valence electrons. The molecule has 1 N–H and O–H groups in total. The molecule has 6 nitrogen and oxygen atoms in total. The second-order valence-electron chi connectivity index (χ2n) is 9.27. The summed E-state index contributed by atoms with van der Waals surface area (Å²) < 4.78 is 21.3. The van der Waals surface area contributed by atoms with E-state index >= 15 is 0 Å². The van der Waals surface area contributed by atoms with Crippen LogP contribution in [0.4, 0.5) is 4.39 Å². The normalized spacial score (nSPS) is 20.9. The average molecular weight is 494 g/mol. The van der Waals surface area contributed by atoms with Crippen molar-refractivity contribution in [3.8, 4) is 5.69 Å². The highest BCUT2D eigenvalue weighted by atomic mass is 32.1. The van der Waals surface area contributed by atoms with Gasteiger partial charge in [0, 0.05) is 49.5 Å². The second kappa shape index (κ2) is 10.4. The summed E-state index contributed by atoms with van der Waals surface area (Å²) in [5, 5.41) is 4.33. The number of hydrogen-bond donors (Lipinski definition) is 1. The Bertz CT molecular complexity index is 1160. The zero-order valence-electron chi connectivity index (χ0n) is 20.3. The van der Waals surface area contributed by atoms with Crippen LogP contribution in [-0.4, -0.2) is 63.9 Å². The Morgan fingerprint density at radius 1 is 1.09 bits per heavy atom. The Morgan fingerprint density at radius 2 is 1.86 bits per heavy atom. The summed E-state index contributed by atoms with van der Waals surface area (Å²) in [6.07, 6.45) is 2.85. The maximum Gasteiger partial charge on any atom is 0.170 e. The summed E-state index contributed by atoms with van der Waals surface area (Å²) in [4.78, 5) is 9.45. The number of hydrogen-bond acceptors (Lipinski definition) is 4. The molecule has 1 aromatic carbocycles. The van der Waals surface area contributed by atoms with E-state index in [1.807, 2.05) is 30.5 Å². The lowest BCUT2D eigenvalue weighted by Crippen LogP contribution is -2.39. The van der Waals surface area contributed by atoms with Crippen LogP contribution in [0.5, 0.6) is 0 Å². The molecule has 2 aliphatic rings. The van der Waals surface area contributed by atoms with Crippen LogP contribution < -0.4 is 5.32 Å². The van der Waals surface area contributed by atoms with Gasteiger partial charge in [-0.3, -0.25) is 9.88 Å². The lowest BCUT2D eigenvalue weighted by atomic mass is 9.96. The molecule has 8 heteroatoms. The van der Waals surface area contributed by atoms with Crippen LogP contribution in [0.2, 0.25) is 0 Å². The van der Waals surface area contributed by atoms with Crippen molar-refractivity contribution >= 4 is 17.3 Å². The minimum Gasteiger partial charge on any atom is -0.379 e. The van der Waals surface area contributed by atoms with Gasteiger partial charge in [0.15, 0.2) is 5.11 Å². The highest BCUT2D eigenvalue weighted by Crippen LogP contribution is 2.41. The molecule has 2 aromatic heterocycles. The van der Waals surface area contributed by atoms with Gasteiger partial charge in [-0.2, -0.15) is 0 Å². The van der Waals surface area contributed by atoms with Crippen LogP contribution in [0.25, 0.3) is 5.69 Å². The average Bonchev–Trinajstić information content (AvgIpc) is 3.36. The van der Waals surface area contributed by atoms with Crippen molar-refractivity contribution in [3.63, 3.8) is 0 Å². The third-order valence-electron chi connectivity index (χ3n) is 7.05. The molecule has 0 spiro atoms. The van der Waals surface area contributed by atoms with Gasteiger partial charge in [-0.05, 0) is 80.5 Å². The van der Waals surface area contributed by atoms with E-state index in [0.29, 0.717) is 0 Å². The Kier molecular flexibility index (Phi) is 7.13.